The highest BCUT2D eigenvalue weighted by molar-refractivity contribution is 7.89. The van der Waals surface area contributed by atoms with Gasteiger partial charge in [0, 0.05) is 23.5 Å². The predicted octanol–water partition coefficient (Wildman–Crippen LogP) is 1.70. The monoisotopic (exact) mass is 367 g/mol. The number of rotatable bonds is 9. The molecule has 0 unspecified atom stereocenters. The third kappa shape index (κ3) is 5.41. The molecule has 6 nitrogen and oxygen atoms in total. The van der Waals surface area contributed by atoms with Crippen LogP contribution in [0.5, 0.6) is 0 Å². The van der Waals surface area contributed by atoms with Crippen LogP contribution in [0.4, 0.5) is 0 Å². The first-order valence-electron chi connectivity index (χ1n) is 7.63. The van der Waals surface area contributed by atoms with Crippen molar-refractivity contribution in [1.82, 2.24) is 10.0 Å². The van der Waals surface area contributed by atoms with Gasteiger partial charge < -0.3 is 11.1 Å². The van der Waals surface area contributed by atoms with Gasteiger partial charge in [-0.3, -0.25) is 4.79 Å². The SMILES string of the molecule is NCCCCNC(=O)c1ccc(S(=O)(=O)NCc2cccs2)cc1. The highest BCUT2D eigenvalue weighted by atomic mass is 32.2. The minimum absolute atomic E-state index is 0.138. The Morgan fingerprint density at radius 1 is 1.12 bits per heavy atom. The zero-order chi connectivity index (χ0) is 17.4. The molecule has 0 bridgehead atoms. The molecule has 130 valence electrons. The Morgan fingerprint density at radius 2 is 1.88 bits per heavy atom. The first kappa shape index (κ1) is 18.6. The Morgan fingerprint density at radius 3 is 2.50 bits per heavy atom. The number of hydrogen-bond acceptors (Lipinski definition) is 5. The standard InChI is InChI=1S/C16H21N3O3S2/c17-9-1-2-10-18-16(20)13-5-7-15(8-6-13)24(21,22)19-12-14-4-3-11-23-14/h3-8,11,19H,1-2,9-10,12,17H2,(H,18,20). The van der Waals surface area contributed by atoms with Crippen molar-refractivity contribution in [2.24, 2.45) is 5.73 Å². The molecular formula is C16H21N3O3S2. The van der Waals surface area contributed by atoms with Crippen molar-refractivity contribution in [2.75, 3.05) is 13.1 Å². The first-order chi connectivity index (χ1) is 11.5. The van der Waals surface area contributed by atoms with Crippen molar-refractivity contribution in [3.8, 4) is 0 Å². The summed E-state index contributed by atoms with van der Waals surface area (Å²) in [5.41, 5.74) is 5.83. The molecule has 24 heavy (non-hydrogen) atoms. The van der Waals surface area contributed by atoms with Crippen LogP contribution in [0.3, 0.4) is 0 Å². The van der Waals surface area contributed by atoms with Crippen LogP contribution in [0.1, 0.15) is 28.1 Å². The van der Waals surface area contributed by atoms with Gasteiger partial charge in [-0.2, -0.15) is 0 Å². The highest BCUT2D eigenvalue weighted by Gasteiger charge is 2.15. The summed E-state index contributed by atoms with van der Waals surface area (Å²) >= 11 is 1.49. The minimum Gasteiger partial charge on any atom is -0.352 e. The fourth-order valence-corrected chi connectivity index (χ4v) is 3.76. The number of nitrogens with one attached hydrogen (secondary N) is 2. The predicted molar refractivity (Wildman–Crippen MR) is 95.4 cm³/mol. The van der Waals surface area contributed by atoms with Gasteiger partial charge in [0.1, 0.15) is 0 Å². The normalized spacial score (nSPS) is 11.4. The lowest BCUT2D eigenvalue weighted by molar-refractivity contribution is 0.0953. The Balaban J connectivity index is 1.93. The molecule has 1 amide bonds. The van der Waals surface area contributed by atoms with Gasteiger partial charge in [0.15, 0.2) is 0 Å². The zero-order valence-electron chi connectivity index (χ0n) is 13.2. The number of benzene rings is 1. The molecule has 0 saturated carbocycles. The van der Waals surface area contributed by atoms with Crippen molar-refractivity contribution in [1.29, 1.82) is 0 Å². The van der Waals surface area contributed by atoms with E-state index in [9.17, 15) is 13.2 Å². The molecule has 2 aromatic rings. The molecule has 0 aliphatic heterocycles. The van der Waals surface area contributed by atoms with E-state index in [0.717, 1.165) is 17.7 Å². The number of amides is 1. The smallest absolute Gasteiger partial charge is 0.251 e. The number of unbranched alkanes of at least 4 members (excludes halogenated alkanes) is 1. The molecule has 1 aromatic carbocycles. The van der Waals surface area contributed by atoms with Crippen molar-refractivity contribution < 1.29 is 13.2 Å². The van der Waals surface area contributed by atoms with Gasteiger partial charge in [0.25, 0.3) is 5.91 Å². The van der Waals surface area contributed by atoms with Crippen molar-refractivity contribution in [3.05, 3.63) is 52.2 Å². The van der Waals surface area contributed by atoms with Crippen LogP contribution in [0, 0.1) is 0 Å². The Kier molecular flexibility index (Phi) is 6.92. The van der Waals surface area contributed by atoms with Crippen LogP contribution in [-0.4, -0.2) is 27.4 Å². The number of hydrogen-bond donors (Lipinski definition) is 3. The van der Waals surface area contributed by atoms with Gasteiger partial charge in [-0.1, -0.05) is 6.07 Å². The lowest BCUT2D eigenvalue weighted by Gasteiger charge is -2.08. The Bertz CT molecular complexity index is 741. The van der Waals surface area contributed by atoms with Gasteiger partial charge >= 0.3 is 0 Å². The maximum Gasteiger partial charge on any atom is 0.251 e. The molecule has 0 atom stereocenters. The third-order valence-electron chi connectivity index (χ3n) is 3.36. The van der Waals surface area contributed by atoms with E-state index >= 15 is 0 Å². The topological polar surface area (TPSA) is 101 Å². The summed E-state index contributed by atoms with van der Waals surface area (Å²) in [5.74, 6) is -0.220. The lowest BCUT2D eigenvalue weighted by atomic mass is 10.2. The van der Waals surface area contributed by atoms with Gasteiger partial charge in [-0.15, -0.1) is 11.3 Å². The van der Waals surface area contributed by atoms with E-state index in [1.807, 2.05) is 17.5 Å². The molecule has 0 aliphatic carbocycles. The maximum atomic E-state index is 12.2. The van der Waals surface area contributed by atoms with Crippen LogP contribution in [-0.2, 0) is 16.6 Å². The first-order valence-corrected chi connectivity index (χ1v) is 9.99. The summed E-state index contributed by atoms with van der Waals surface area (Å²) in [6, 6.07) is 9.63. The molecule has 2 rings (SSSR count). The summed E-state index contributed by atoms with van der Waals surface area (Å²) in [6.07, 6.45) is 1.68. The van der Waals surface area contributed by atoms with E-state index in [4.69, 9.17) is 5.73 Å². The quantitative estimate of drug-likeness (QED) is 0.587. The van der Waals surface area contributed by atoms with Gasteiger partial charge in [-0.05, 0) is 55.1 Å². The molecule has 0 aliphatic rings. The summed E-state index contributed by atoms with van der Waals surface area (Å²) in [7, 11) is -3.59. The summed E-state index contributed by atoms with van der Waals surface area (Å²) in [6.45, 7) is 1.41. The van der Waals surface area contributed by atoms with Gasteiger partial charge in [0.05, 0.1) is 4.90 Å². The van der Waals surface area contributed by atoms with E-state index in [2.05, 4.69) is 10.0 Å². The maximum absolute atomic E-state index is 12.2. The minimum atomic E-state index is -3.59. The van der Waals surface area contributed by atoms with E-state index in [1.54, 1.807) is 0 Å². The average molecular weight is 367 g/mol. The Labute approximate surface area is 146 Å². The average Bonchev–Trinajstić information content (AvgIpc) is 3.10. The summed E-state index contributed by atoms with van der Waals surface area (Å²) in [4.78, 5) is 13.0. The highest BCUT2D eigenvalue weighted by Crippen LogP contribution is 2.13. The molecule has 1 heterocycles. The molecule has 0 radical (unpaired) electrons. The number of nitrogens with two attached hydrogens (primary N) is 1. The van der Waals surface area contributed by atoms with E-state index < -0.39 is 10.0 Å². The second-order valence-corrected chi connectivity index (χ2v) is 7.98. The number of carbonyl (C=O) groups is 1. The van der Waals surface area contributed by atoms with Crippen molar-refractivity contribution >= 4 is 27.3 Å². The molecule has 8 heteroatoms. The van der Waals surface area contributed by atoms with Crippen LogP contribution in [0.2, 0.25) is 0 Å². The Hall–Kier alpha value is -1.74. The van der Waals surface area contributed by atoms with Crippen LogP contribution >= 0.6 is 11.3 Å². The summed E-state index contributed by atoms with van der Waals surface area (Å²) < 4.78 is 27.0. The molecule has 0 fully saturated rings. The second-order valence-electron chi connectivity index (χ2n) is 5.18. The third-order valence-corrected chi connectivity index (χ3v) is 5.65. The fourth-order valence-electron chi connectivity index (χ4n) is 2.02. The lowest BCUT2D eigenvalue weighted by Crippen LogP contribution is -2.25. The van der Waals surface area contributed by atoms with Gasteiger partial charge in [0.2, 0.25) is 10.0 Å². The molecule has 0 spiro atoms. The number of sulfonamides is 1. The second kappa shape index (κ2) is 8.93. The fraction of sp³-hybridized carbons (Fsp3) is 0.312. The molecule has 1 aromatic heterocycles. The van der Waals surface area contributed by atoms with Gasteiger partial charge in [-0.25, -0.2) is 13.1 Å². The molecular weight excluding hydrogens is 346 g/mol. The number of thiophene rings is 1. The van der Waals surface area contributed by atoms with Crippen LogP contribution in [0.25, 0.3) is 0 Å². The number of carbonyl (C=O) groups excluding carboxylic acids is 1. The summed E-state index contributed by atoms with van der Waals surface area (Å²) in [5, 5.41) is 4.67. The van der Waals surface area contributed by atoms with Crippen molar-refractivity contribution in [3.63, 3.8) is 0 Å². The largest absolute Gasteiger partial charge is 0.352 e. The van der Waals surface area contributed by atoms with E-state index in [1.165, 1.54) is 35.6 Å². The zero-order valence-corrected chi connectivity index (χ0v) is 14.8. The van der Waals surface area contributed by atoms with Crippen LogP contribution < -0.4 is 15.8 Å². The van der Waals surface area contributed by atoms with E-state index in [-0.39, 0.29) is 17.3 Å². The molecule has 0 saturated heterocycles. The van der Waals surface area contributed by atoms with E-state index in [0.29, 0.717) is 18.7 Å². The van der Waals surface area contributed by atoms with Crippen LogP contribution in [0.15, 0.2) is 46.7 Å². The van der Waals surface area contributed by atoms with Crippen molar-refractivity contribution in [2.45, 2.75) is 24.3 Å². The molecule has 4 N–H and O–H groups in total.